The summed E-state index contributed by atoms with van der Waals surface area (Å²) in [5.74, 6) is 1.72. The Balaban J connectivity index is 2.08. The Labute approximate surface area is 185 Å². The van der Waals surface area contributed by atoms with Crippen molar-refractivity contribution in [2.45, 2.75) is 44.9 Å². The number of benzene rings is 3. The van der Waals surface area contributed by atoms with E-state index >= 15 is 0 Å². The molecule has 0 amide bonds. The van der Waals surface area contributed by atoms with Crippen molar-refractivity contribution in [3.63, 3.8) is 0 Å². The monoisotopic (exact) mass is 464 g/mol. The maximum absolute atomic E-state index is 13.3. The molecular weight excluding hydrogens is 435 g/mol. The molecular formula is C23H29O4PS2. The standard InChI is InChI=1S/C23H29O4PS2/c1-4-7-12-29-28(24,26-6-3)27-21-15-20-14-18-10-8-9-11-19(18)16-22(20)23(17-21)30(25)13-5-2/h8-11,14-17H,4-7,12-13H2,1-3H3. The van der Waals surface area contributed by atoms with E-state index in [2.05, 4.69) is 31.2 Å². The van der Waals surface area contributed by atoms with Crippen molar-refractivity contribution in [1.29, 1.82) is 0 Å². The molecule has 30 heavy (non-hydrogen) atoms. The molecule has 0 spiro atoms. The summed E-state index contributed by atoms with van der Waals surface area (Å²) in [6.45, 7) is 2.88. The summed E-state index contributed by atoms with van der Waals surface area (Å²) in [6, 6.07) is 15.9. The lowest BCUT2D eigenvalue weighted by Crippen LogP contribution is -2.01. The van der Waals surface area contributed by atoms with Crippen molar-refractivity contribution in [1.82, 2.24) is 0 Å². The van der Waals surface area contributed by atoms with Crippen LogP contribution in [0.1, 0.15) is 40.0 Å². The molecule has 4 nitrogen and oxygen atoms in total. The van der Waals surface area contributed by atoms with Crippen LogP contribution >= 0.6 is 18.2 Å². The van der Waals surface area contributed by atoms with Gasteiger partial charge in [0.05, 0.1) is 22.3 Å². The third-order valence-corrected chi connectivity index (χ3v) is 10.1. The maximum atomic E-state index is 13.3. The molecule has 0 fully saturated rings. The average Bonchev–Trinajstić information content (AvgIpc) is 2.72. The average molecular weight is 465 g/mol. The molecule has 3 rings (SSSR count). The SMILES string of the molecule is CCCCSP(=O)(OCC)Oc1cc(S(=O)CCC)c2cc3ccccc3cc2c1. The normalized spacial score (nSPS) is 14.6. The van der Waals surface area contributed by atoms with E-state index in [9.17, 15) is 8.77 Å². The highest BCUT2D eigenvalue weighted by molar-refractivity contribution is 8.55. The number of hydrogen-bond donors (Lipinski definition) is 0. The minimum Gasteiger partial charge on any atom is -0.417 e. The lowest BCUT2D eigenvalue weighted by Gasteiger charge is -2.19. The van der Waals surface area contributed by atoms with E-state index in [0.29, 0.717) is 23.9 Å². The number of unbranched alkanes of at least 4 members (excludes halogenated alkanes) is 1. The van der Waals surface area contributed by atoms with Crippen LogP contribution in [0.4, 0.5) is 0 Å². The lowest BCUT2D eigenvalue weighted by atomic mass is 10.0. The summed E-state index contributed by atoms with van der Waals surface area (Å²) in [7, 11) is -1.17. The fourth-order valence-corrected chi connectivity index (χ4v) is 8.00. The summed E-state index contributed by atoms with van der Waals surface area (Å²) >= 11 is 1.24. The number of fused-ring (bicyclic) bond motifs is 2. The Morgan fingerprint density at radius 1 is 0.967 bits per heavy atom. The zero-order chi connectivity index (χ0) is 21.6. The van der Waals surface area contributed by atoms with Crippen molar-refractivity contribution in [3.8, 4) is 5.75 Å². The first-order chi connectivity index (χ1) is 14.5. The molecule has 162 valence electrons. The van der Waals surface area contributed by atoms with Gasteiger partial charge >= 0.3 is 6.80 Å². The van der Waals surface area contributed by atoms with Gasteiger partial charge < -0.3 is 4.52 Å². The zero-order valence-electron chi connectivity index (χ0n) is 17.8. The molecule has 0 aromatic heterocycles. The summed E-state index contributed by atoms with van der Waals surface area (Å²) in [5.41, 5.74) is 0. The third kappa shape index (κ3) is 5.67. The van der Waals surface area contributed by atoms with E-state index in [-0.39, 0.29) is 0 Å². The van der Waals surface area contributed by atoms with Gasteiger partial charge in [0.2, 0.25) is 0 Å². The van der Waals surface area contributed by atoms with E-state index < -0.39 is 17.6 Å². The van der Waals surface area contributed by atoms with Gasteiger partial charge in [-0.15, -0.1) is 0 Å². The van der Waals surface area contributed by atoms with Gasteiger partial charge in [0, 0.05) is 11.5 Å². The van der Waals surface area contributed by atoms with E-state index in [4.69, 9.17) is 9.05 Å². The molecule has 2 unspecified atom stereocenters. The summed E-state index contributed by atoms with van der Waals surface area (Å²) < 4.78 is 37.7. The van der Waals surface area contributed by atoms with Crippen molar-refractivity contribution >= 4 is 50.5 Å². The summed E-state index contributed by atoms with van der Waals surface area (Å²) in [5, 5.41) is 4.06. The Morgan fingerprint density at radius 2 is 1.70 bits per heavy atom. The highest BCUT2D eigenvalue weighted by Gasteiger charge is 2.27. The molecule has 0 saturated heterocycles. The fourth-order valence-electron chi connectivity index (χ4n) is 3.23. The van der Waals surface area contributed by atoms with Crippen molar-refractivity contribution < 1.29 is 17.8 Å². The molecule has 0 radical (unpaired) electrons. The van der Waals surface area contributed by atoms with Crippen LogP contribution in [-0.4, -0.2) is 22.3 Å². The van der Waals surface area contributed by atoms with Crippen LogP contribution in [0.5, 0.6) is 5.75 Å². The maximum Gasteiger partial charge on any atom is 0.440 e. The van der Waals surface area contributed by atoms with Crippen LogP contribution in [0.15, 0.2) is 53.4 Å². The van der Waals surface area contributed by atoms with Crippen LogP contribution in [0.3, 0.4) is 0 Å². The minimum absolute atomic E-state index is 0.309. The Morgan fingerprint density at radius 3 is 2.37 bits per heavy atom. The molecule has 0 bridgehead atoms. The molecule has 0 aliphatic rings. The Hall–Kier alpha value is -1.33. The summed E-state index contributed by atoms with van der Waals surface area (Å²) in [4.78, 5) is 0.719. The second kappa shape index (κ2) is 10.8. The van der Waals surface area contributed by atoms with E-state index in [0.717, 1.165) is 45.7 Å². The lowest BCUT2D eigenvalue weighted by molar-refractivity contribution is 0.296. The molecule has 3 aromatic carbocycles. The molecule has 2 atom stereocenters. The summed E-state index contributed by atoms with van der Waals surface area (Å²) in [6.07, 6.45) is 2.78. The second-order valence-corrected chi connectivity index (χ2v) is 12.7. The van der Waals surface area contributed by atoms with Gasteiger partial charge in [-0.3, -0.25) is 8.73 Å². The van der Waals surface area contributed by atoms with Crippen molar-refractivity contribution in [2.24, 2.45) is 0 Å². The van der Waals surface area contributed by atoms with Gasteiger partial charge in [-0.25, -0.2) is 4.57 Å². The number of rotatable bonds is 11. The van der Waals surface area contributed by atoms with E-state index in [1.165, 1.54) is 11.4 Å². The molecule has 7 heteroatoms. The van der Waals surface area contributed by atoms with Crippen molar-refractivity contribution in [2.75, 3.05) is 18.1 Å². The highest BCUT2D eigenvalue weighted by Crippen LogP contribution is 2.60. The zero-order valence-corrected chi connectivity index (χ0v) is 20.3. The first-order valence-electron chi connectivity index (χ1n) is 10.4. The van der Waals surface area contributed by atoms with Crippen LogP contribution in [-0.2, 0) is 19.9 Å². The van der Waals surface area contributed by atoms with Gasteiger partial charge in [0.15, 0.2) is 0 Å². The first kappa shape index (κ1) is 23.3. The second-order valence-electron chi connectivity index (χ2n) is 7.03. The molecule has 0 N–H and O–H groups in total. The van der Waals surface area contributed by atoms with Crippen LogP contribution < -0.4 is 4.52 Å². The van der Waals surface area contributed by atoms with Crippen LogP contribution in [0, 0.1) is 0 Å². The van der Waals surface area contributed by atoms with E-state index in [1.54, 1.807) is 6.07 Å². The molecule has 0 heterocycles. The molecule has 0 aliphatic carbocycles. The Kier molecular flexibility index (Phi) is 8.41. The molecule has 3 aromatic rings. The predicted molar refractivity (Wildman–Crippen MR) is 130 cm³/mol. The van der Waals surface area contributed by atoms with Gasteiger partial charge in [-0.2, -0.15) is 0 Å². The fraction of sp³-hybridized carbons (Fsp3) is 0.391. The van der Waals surface area contributed by atoms with Gasteiger partial charge in [-0.1, -0.05) is 44.5 Å². The molecule has 0 aliphatic heterocycles. The van der Waals surface area contributed by atoms with Crippen LogP contribution in [0.25, 0.3) is 21.5 Å². The smallest absolute Gasteiger partial charge is 0.417 e. The van der Waals surface area contributed by atoms with Gasteiger partial charge in [0.1, 0.15) is 5.75 Å². The topological polar surface area (TPSA) is 52.6 Å². The third-order valence-electron chi connectivity index (χ3n) is 4.64. The predicted octanol–water partition coefficient (Wildman–Crippen LogP) is 7.57. The largest absolute Gasteiger partial charge is 0.440 e. The highest BCUT2D eigenvalue weighted by atomic mass is 32.7. The first-order valence-corrected chi connectivity index (χ1v) is 14.9. The number of hydrogen-bond acceptors (Lipinski definition) is 5. The van der Waals surface area contributed by atoms with Gasteiger partial charge in [0.25, 0.3) is 0 Å². The quantitative estimate of drug-likeness (QED) is 0.166. The van der Waals surface area contributed by atoms with Gasteiger partial charge in [-0.05, 0) is 77.0 Å². The van der Waals surface area contributed by atoms with Crippen molar-refractivity contribution in [3.05, 3.63) is 48.5 Å². The minimum atomic E-state index is -3.34. The van der Waals surface area contributed by atoms with E-state index in [1.807, 2.05) is 32.0 Å². The van der Waals surface area contributed by atoms with Crippen LogP contribution in [0.2, 0.25) is 0 Å². The molecule has 0 saturated carbocycles. The Bertz CT molecular complexity index is 1080.